The minimum Gasteiger partial charge on any atom is -0.376 e. The molecule has 0 atom stereocenters. The molecule has 0 radical (unpaired) electrons. The quantitative estimate of drug-likeness (QED) is 0.164. The zero-order chi connectivity index (χ0) is 26.9. The predicted octanol–water partition coefficient (Wildman–Crippen LogP) is 8.16. The van der Waals surface area contributed by atoms with Gasteiger partial charge in [-0.2, -0.15) is 0 Å². The van der Waals surface area contributed by atoms with Crippen LogP contribution in [0.25, 0.3) is 59.9 Å². The SMILES string of the molecule is c1ccc(B(c2ccccc2)n2c3ccccc3c3cc4c5ccccc5c5cc6ccccc6n5c4cc32)cc1. The Bertz CT molecular complexity index is 2380. The minimum absolute atomic E-state index is 0.0367. The number of nitrogens with zero attached hydrogens (tertiary/aromatic N) is 2. The molecule has 0 bridgehead atoms. The van der Waals surface area contributed by atoms with Gasteiger partial charge in [-0.15, -0.1) is 0 Å². The van der Waals surface area contributed by atoms with Crippen molar-refractivity contribution in [2.75, 3.05) is 0 Å². The molecule has 0 saturated carbocycles. The average molecular weight is 520 g/mol. The van der Waals surface area contributed by atoms with Gasteiger partial charge in [-0.25, -0.2) is 0 Å². The van der Waals surface area contributed by atoms with Gasteiger partial charge in [0.25, 0.3) is 0 Å². The van der Waals surface area contributed by atoms with E-state index in [0.717, 1.165) is 0 Å². The Balaban J connectivity index is 1.51. The van der Waals surface area contributed by atoms with Crippen molar-refractivity contribution >= 4 is 77.7 Å². The molecular weight excluding hydrogens is 495 g/mol. The average Bonchev–Trinajstić information content (AvgIpc) is 3.58. The van der Waals surface area contributed by atoms with E-state index >= 15 is 0 Å². The number of benzene rings is 6. The zero-order valence-electron chi connectivity index (χ0n) is 22.4. The first kappa shape index (κ1) is 22.5. The summed E-state index contributed by atoms with van der Waals surface area (Å²) in [4.78, 5) is 0. The standard InChI is InChI=1S/C38H25BN2/c1-3-14-27(15-4-1)39(28-16-5-2-6-17-28)41-35-22-12-10-20-31(35)33-24-32-29-18-8-9-19-30(29)36-23-26-13-7-11-21-34(26)40(36)37(32)25-38(33)41/h1-25H. The third-order valence-corrected chi connectivity index (χ3v) is 8.76. The molecule has 41 heavy (non-hydrogen) atoms. The lowest BCUT2D eigenvalue weighted by Gasteiger charge is -2.20. The van der Waals surface area contributed by atoms with Gasteiger partial charge in [-0.1, -0.05) is 132 Å². The van der Waals surface area contributed by atoms with Gasteiger partial charge in [0.05, 0.1) is 16.6 Å². The lowest BCUT2D eigenvalue weighted by molar-refractivity contribution is 1.32. The van der Waals surface area contributed by atoms with E-state index in [-0.39, 0.29) is 6.85 Å². The Kier molecular flexibility index (Phi) is 4.73. The number of fused-ring (bicyclic) bond motifs is 11. The molecule has 0 aliphatic carbocycles. The molecular formula is C38H25BN2. The van der Waals surface area contributed by atoms with Gasteiger partial charge in [0.1, 0.15) is 0 Å². The van der Waals surface area contributed by atoms with Crippen LogP contribution < -0.4 is 10.9 Å². The number of para-hydroxylation sites is 2. The first-order valence-electron chi connectivity index (χ1n) is 14.2. The normalized spacial score (nSPS) is 11.9. The predicted molar refractivity (Wildman–Crippen MR) is 176 cm³/mol. The first-order valence-corrected chi connectivity index (χ1v) is 14.2. The van der Waals surface area contributed by atoms with Crippen LogP contribution in [0.2, 0.25) is 0 Å². The summed E-state index contributed by atoms with van der Waals surface area (Å²) < 4.78 is 5.02. The van der Waals surface area contributed by atoms with E-state index < -0.39 is 0 Å². The maximum Gasteiger partial charge on any atom is 0.328 e. The summed E-state index contributed by atoms with van der Waals surface area (Å²) in [6.07, 6.45) is 0. The molecule has 6 aromatic carbocycles. The van der Waals surface area contributed by atoms with Crippen LogP contribution in [-0.4, -0.2) is 15.7 Å². The zero-order valence-corrected chi connectivity index (χ0v) is 22.4. The topological polar surface area (TPSA) is 9.34 Å². The molecule has 3 heterocycles. The van der Waals surface area contributed by atoms with Gasteiger partial charge in [0, 0.05) is 38.0 Å². The molecule has 2 nitrogen and oxygen atoms in total. The molecule has 9 aromatic rings. The number of hydrogen-bond acceptors (Lipinski definition) is 0. The lowest BCUT2D eigenvalue weighted by atomic mass is 9.50. The fourth-order valence-corrected chi connectivity index (χ4v) is 7.03. The highest BCUT2D eigenvalue weighted by Gasteiger charge is 2.27. The smallest absolute Gasteiger partial charge is 0.328 e. The van der Waals surface area contributed by atoms with E-state index in [2.05, 4.69) is 161 Å². The van der Waals surface area contributed by atoms with E-state index in [1.54, 1.807) is 0 Å². The summed E-state index contributed by atoms with van der Waals surface area (Å²) in [7, 11) is 0. The Labute approximate surface area is 237 Å². The van der Waals surface area contributed by atoms with E-state index in [0.29, 0.717) is 0 Å². The third-order valence-electron chi connectivity index (χ3n) is 8.76. The highest BCUT2D eigenvalue weighted by Crippen LogP contribution is 2.38. The molecule has 0 aliphatic rings. The molecule has 3 aromatic heterocycles. The molecule has 0 amide bonds. The van der Waals surface area contributed by atoms with Crippen LogP contribution in [-0.2, 0) is 0 Å². The highest BCUT2D eigenvalue weighted by molar-refractivity contribution is 6.85. The summed E-state index contributed by atoms with van der Waals surface area (Å²) in [5, 5.41) is 7.68. The highest BCUT2D eigenvalue weighted by atomic mass is 14.9. The summed E-state index contributed by atoms with van der Waals surface area (Å²) in [5.74, 6) is 0. The molecule has 0 fully saturated rings. The van der Waals surface area contributed by atoms with Gasteiger partial charge < -0.3 is 8.88 Å². The third kappa shape index (κ3) is 3.20. The van der Waals surface area contributed by atoms with Crippen LogP contribution in [0.15, 0.2) is 152 Å². The second-order valence-corrected chi connectivity index (χ2v) is 11.0. The van der Waals surface area contributed by atoms with Crippen molar-refractivity contribution in [1.29, 1.82) is 0 Å². The lowest BCUT2D eigenvalue weighted by Crippen LogP contribution is -2.48. The van der Waals surface area contributed by atoms with Gasteiger partial charge in [-0.3, -0.25) is 0 Å². The molecule has 0 N–H and O–H groups in total. The van der Waals surface area contributed by atoms with Crippen molar-refractivity contribution in [2.24, 2.45) is 0 Å². The van der Waals surface area contributed by atoms with Crippen LogP contribution in [0, 0.1) is 0 Å². The molecule has 0 aliphatic heterocycles. The molecule has 9 rings (SSSR count). The van der Waals surface area contributed by atoms with Gasteiger partial charge >= 0.3 is 6.85 Å². The van der Waals surface area contributed by atoms with Crippen molar-refractivity contribution < 1.29 is 0 Å². The Morgan fingerprint density at radius 3 is 1.56 bits per heavy atom. The van der Waals surface area contributed by atoms with Crippen molar-refractivity contribution in [1.82, 2.24) is 8.88 Å². The largest absolute Gasteiger partial charge is 0.376 e. The Morgan fingerprint density at radius 1 is 0.341 bits per heavy atom. The number of rotatable bonds is 3. The van der Waals surface area contributed by atoms with E-state index in [1.807, 2.05) is 0 Å². The summed E-state index contributed by atoms with van der Waals surface area (Å²) in [6, 6.07) is 55.5. The molecule has 0 spiro atoms. The number of pyridine rings is 1. The van der Waals surface area contributed by atoms with Crippen LogP contribution in [0.4, 0.5) is 0 Å². The fourth-order valence-electron chi connectivity index (χ4n) is 7.03. The van der Waals surface area contributed by atoms with Crippen molar-refractivity contribution in [3.63, 3.8) is 0 Å². The summed E-state index contributed by atoms with van der Waals surface area (Å²) in [6.45, 7) is 0.0367. The minimum atomic E-state index is 0.0367. The maximum atomic E-state index is 2.56. The molecule has 0 saturated heterocycles. The van der Waals surface area contributed by atoms with E-state index in [9.17, 15) is 0 Å². The van der Waals surface area contributed by atoms with Crippen LogP contribution in [0.3, 0.4) is 0 Å². The monoisotopic (exact) mass is 520 g/mol. The van der Waals surface area contributed by atoms with E-state index in [4.69, 9.17) is 0 Å². The Hall–Kier alpha value is -5.28. The van der Waals surface area contributed by atoms with Crippen LogP contribution in [0.5, 0.6) is 0 Å². The second kappa shape index (κ2) is 8.61. The molecule has 3 heteroatoms. The maximum absolute atomic E-state index is 2.56. The first-order chi connectivity index (χ1) is 20.4. The van der Waals surface area contributed by atoms with Crippen molar-refractivity contribution in [2.45, 2.75) is 0 Å². The second-order valence-electron chi connectivity index (χ2n) is 11.0. The van der Waals surface area contributed by atoms with E-state index in [1.165, 1.54) is 70.8 Å². The summed E-state index contributed by atoms with van der Waals surface area (Å²) in [5.41, 5.74) is 8.76. The fraction of sp³-hybridized carbons (Fsp3) is 0. The molecule has 190 valence electrons. The van der Waals surface area contributed by atoms with Crippen molar-refractivity contribution in [3.8, 4) is 0 Å². The van der Waals surface area contributed by atoms with Crippen LogP contribution >= 0.6 is 0 Å². The number of aromatic nitrogens is 2. The summed E-state index contributed by atoms with van der Waals surface area (Å²) >= 11 is 0. The Morgan fingerprint density at radius 2 is 0.854 bits per heavy atom. The van der Waals surface area contributed by atoms with Crippen LogP contribution in [0.1, 0.15) is 0 Å². The van der Waals surface area contributed by atoms with Crippen molar-refractivity contribution in [3.05, 3.63) is 152 Å². The van der Waals surface area contributed by atoms with Gasteiger partial charge in [0.2, 0.25) is 0 Å². The molecule has 0 unspecified atom stereocenters. The number of hydrogen-bond donors (Lipinski definition) is 0. The van der Waals surface area contributed by atoms with Gasteiger partial charge in [-0.05, 0) is 35.7 Å². The van der Waals surface area contributed by atoms with Gasteiger partial charge in [0.15, 0.2) is 0 Å².